The highest BCUT2D eigenvalue weighted by Gasteiger charge is 2.16. The Morgan fingerprint density at radius 1 is 1.06 bits per heavy atom. The van der Waals surface area contributed by atoms with E-state index in [0.717, 1.165) is 10.4 Å². The normalized spacial score (nSPS) is 12.8. The summed E-state index contributed by atoms with van der Waals surface area (Å²) in [6.45, 7) is 6.18. The van der Waals surface area contributed by atoms with Gasteiger partial charge >= 0.3 is 0 Å². The van der Waals surface area contributed by atoms with Gasteiger partial charge in [-0.05, 0) is 54.5 Å². The second kappa shape index (κ2) is 4.40. The topological polar surface area (TPSA) is 20.2 Å². The van der Waals surface area contributed by atoms with Crippen molar-refractivity contribution in [3.8, 4) is 0 Å². The minimum absolute atomic E-state index is 0.486. The summed E-state index contributed by atoms with van der Waals surface area (Å²) >= 11 is 1.62. The van der Waals surface area contributed by atoms with Crippen LogP contribution in [0.3, 0.4) is 0 Å². The van der Waals surface area contributed by atoms with E-state index >= 15 is 0 Å². The molecule has 2 aromatic rings. The van der Waals surface area contributed by atoms with E-state index < -0.39 is 6.10 Å². The maximum Gasteiger partial charge on any atom is 0.114 e. The molecule has 0 fully saturated rings. The maximum absolute atomic E-state index is 10.4. The van der Waals surface area contributed by atoms with Gasteiger partial charge in [0.15, 0.2) is 0 Å². The van der Waals surface area contributed by atoms with Crippen molar-refractivity contribution in [1.82, 2.24) is 0 Å². The van der Waals surface area contributed by atoms with Crippen molar-refractivity contribution in [2.45, 2.75) is 26.9 Å². The highest BCUT2D eigenvalue weighted by molar-refractivity contribution is 7.10. The van der Waals surface area contributed by atoms with Gasteiger partial charge < -0.3 is 5.11 Å². The molecule has 1 heterocycles. The molecule has 0 radical (unpaired) electrons. The SMILES string of the molecule is Cc1ccsc1C(O)c1cccc(C)c1C. The smallest absolute Gasteiger partial charge is 0.114 e. The molecule has 0 aliphatic heterocycles. The van der Waals surface area contributed by atoms with E-state index in [2.05, 4.69) is 19.9 Å². The molecule has 1 aromatic carbocycles. The number of hydrogen-bond acceptors (Lipinski definition) is 2. The van der Waals surface area contributed by atoms with E-state index in [1.54, 1.807) is 11.3 Å². The number of thiophene rings is 1. The Morgan fingerprint density at radius 2 is 1.81 bits per heavy atom. The molecule has 0 aliphatic rings. The molecule has 0 amide bonds. The van der Waals surface area contributed by atoms with E-state index in [4.69, 9.17) is 0 Å². The van der Waals surface area contributed by atoms with Gasteiger partial charge in [-0.3, -0.25) is 0 Å². The molecular weight excluding hydrogens is 216 g/mol. The molecule has 0 saturated heterocycles. The molecule has 1 N–H and O–H groups in total. The maximum atomic E-state index is 10.4. The summed E-state index contributed by atoms with van der Waals surface area (Å²) < 4.78 is 0. The summed E-state index contributed by atoms with van der Waals surface area (Å²) in [7, 11) is 0. The second-order valence-electron chi connectivity index (χ2n) is 4.16. The lowest BCUT2D eigenvalue weighted by Crippen LogP contribution is -2.02. The summed E-state index contributed by atoms with van der Waals surface area (Å²) in [5.74, 6) is 0. The van der Waals surface area contributed by atoms with Gasteiger partial charge in [0.25, 0.3) is 0 Å². The number of aliphatic hydroxyl groups is 1. The summed E-state index contributed by atoms with van der Waals surface area (Å²) in [6.07, 6.45) is -0.486. The third-order valence-corrected chi connectivity index (χ3v) is 4.16. The third-order valence-electron chi connectivity index (χ3n) is 3.09. The third kappa shape index (κ3) is 1.91. The molecule has 0 saturated carbocycles. The van der Waals surface area contributed by atoms with Gasteiger partial charge in [-0.1, -0.05) is 18.2 Å². The summed E-state index contributed by atoms with van der Waals surface area (Å²) in [4.78, 5) is 1.05. The molecule has 0 bridgehead atoms. The van der Waals surface area contributed by atoms with Crippen molar-refractivity contribution in [3.05, 3.63) is 56.8 Å². The average molecular weight is 232 g/mol. The zero-order valence-electron chi connectivity index (χ0n) is 9.82. The molecule has 0 spiro atoms. The molecule has 2 rings (SSSR count). The van der Waals surface area contributed by atoms with Crippen LogP contribution in [0.1, 0.15) is 33.2 Å². The van der Waals surface area contributed by atoms with Crippen molar-refractivity contribution in [1.29, 1.82) is 0 Å². The first-order valence-electron chi connectivity index (χ1n) is 5.39. The quantitative estimate of drug-likeness (QED) is 0.836. The van der Waals surface area contributed by atoms with Crippen molar-refractivity contribution in [2.75, 3.05) is 0 Å². The van der Waals surface area contributed by atoms with Crippen LogP contribution in [0.15, 0.2) is 29.6 Å². The molecule has 0 aliphatic carbocycles. The van der Waals surface area contributed by atoms with Gasteiger partial charge in [-0.15, -0.1) is 11.3 Å². The van der Waals surface area contributed by atoms with Crippen LogP contribution >= 0.6 is 11.3 Å². The Bertz CT molecular complexity index is 499. The van der Waals surface area contributed by atoms with Crippen LogP contribution in [0, 0.1) is 20.8 Å². The standard InChI is InChI=1S/C14H16OS/c1-9-5-4-6-12(11(9)3)13(15)14-10(2)7-8-16-14/h4-8,13,15H,1-3H3. The number of aliphatic hydroxyl groups excluding tert-OH is 1. The van der Waals surface area contributed by atoms with Crippen molar-refractivity contribution in [2.24, 2.45) is 0 Å². The van der Waals surface area contributed by atoms with Gasteiger partial charge in [0.1, 0.15) is 6.10 Å². The zero-order valence-corrected chi connectivity index (χ0v) is 10.6. The van der Waals surface area contributed by atoms with Crippen molar-refractivity contribution < 1.29 is 5.11 Å². The fourth-order valence-electron chi connectivity index (χ4n) is 1.88. The Hall–Kier alpha value is -1.12. The predicted molar refractivity (Wildman–Crippen MR) is 69.0 cm³/mol. The summed E-state index contributed by atoms with van der Waals surface area (Å²) in [6, 6.07) is 8.14. The minimum atomic E-state index is -0.486. The Labute approximate surface area is 100 Å². The molecule has 1 aromatic heterocycles. The number of rotatable bonds is 2. The zero-order chi connectivity index (χ0) is 11.7. The molecule has 1 atom stereocenters. The molecule has 1 unspecified atom stereocenters. The first kappa shape index (κ1) is 11.4. The Balaban J connectivity index is 2.46. The fourth-order valence-corrected chi connectivity index (χ4v) is 2.80. The monoisotopic (exact) mass is 232 g/mol. The Kier molecular flexibility index (Phi) is 3.13. The van der Waals surface area contributed by atoms with E-state index in [0.29, 0.717) is 0 Å². The van der Waals surface area contributed by atoms with Crippen LogP contribution in [0.2, 0.25) is 0 Å². The van der Waals surface area contributed by atoms with Crippen LogP contribution < -0.4 is 0 Å². The number of aryl methyl sites for hydroxylation is 2. The second-order valence-corrected chi connectivity index (χ2v) is 5.11. The first-order chi connectivity index (χ1) is 7.61. The van der Waals surface area contributed by atoms with Gasteiger partial charge in [-0.25, -0.2) is 0 Å². The predicted octanol–water partition coefficient (Wildman–Crippen LogP) is 3.76. The van der Waals surface area contributed by atoms with Crippen molar-refractivity contribution >= 4 is 11.3 Å². The summed E-state index contributed by atoms with van der Waals surface area (Å²) in [5, 5.41) is 12.4. The number of benzene rings is 1. The van der Waals surface area contributed by atoms with E-state index in [1.165, 1.54) is 16.7 Å². The van der Waals surface area contributed by atoms with E-state index in [1.807, 2.05) is 30.5 Å². The average Bonchev–Trinajstić information content (AvgIpc) is 2.68. The van der Waals surface area contributed by atoms with Crippen molar-refractivity contribution in [3.63, 3.8) is 0 Å². The minimum Gasteiger partial charge on any atom is -0.383 e. The summed E-state index contributed by atoms with van der Waals surface area (Å²) in [5.41, 5.74) is 4.59. The fraction of sp³-hybridized carbons (Fsp3) is 0.286. The van der Waals surface area contributed by atoms with Crippen LogP contribution in [0.25, 0.3) is 0 Å². The molecule has 84 valence electrons. The van der Waals surface area contributed by atoms with Gasteiger partial charge in [-0.2, -0.15) is 0 Å². The van der Waals surface area contributed by atoms with Crippen LogP contribution in [0.4, 0.5) is 0 Å². The Morgan fingerprint density at radius 3 is 2.44 bits per heavy atom. The van der Waals surface area contributed by atoms with E-state index in [-0.39, 0.29) is 0 Å². The van der Waals surface area contributed by atoms with Gasteiger partial charge in [0.2, 0.25) is 0 Å². The molecule has 2 heteroatoms. The van der Waals surface area contributed by atoms with Crippen LogP contribution in [0.5, 0.6) is 0 Å². The lowest BCUT2D eigenvalue weighted by Gasteiger charge is -2.15. The van der Waals surface area contributed by atoms with E-state index in [9.17, 15) is 5.11 Å². The first-order valence-corrected chi connectivity index (χ1v) is 6.27. The van der Waals surface area contributed by atoms with Gasteiger partial charge in [0, 0.05) is 4.88 Å². The lowest BCUT2D eigenvalue weighted by molar-refractivity contribution is 0.222. The highest BCUT2D eigenvalue weighted by Crippen LogP contribution is 2.31. The largest absolute Gasteiger partial charge is 0.383 e. The van der Waals surface area contributed by atoms with Gasteiger partial charge in [0.05, 0.1) is 0 Å². The lowest BCUT2D eigenvalue weighted by atomic mass is 9.97. The number of hydrogen-bond donors (Lipinski definition) is 1. The highest BCUT2D eigenvalue weighted by atomic mass is 32.1. The molecular formula is C14H16OS. The molecule has 1 nitrogen and oxygen atoms in total. The van der Waals surface area contributed by atoms with Crippen LogP contribution in [-0.4, -0.2) is 5.11 Å². The molecule has 16 heavy (non-hydrogen) atoms. The van der Waals surface area contributed by atoms with Crippen LogP contribution in [-0.2, 0) is 0 Å².